The molecule has 0 aromatic carbocycles. The van der Waals surface area contributed by atoms with Gasteiger partial charge in [0.15, 0.2) is 11.0 Å². The minimum absolute atomic E-state index is 0.0480. The van der Waals surface area contributed by atoms with E-state index < -0.39 is 0 Å². The van der Waals surface area contributed by atoms with E-state index in [0.29, 0.717) is 26.2 Å². The van der Waals surface area contributed by atoms with Crippen molar-refractivity contribution >= 4 is 23.5 Å². The van der Waals surface area contributed by atoms with Crippen molar-refractivity contribution in [1.82, 2.24) is 15.1 Å². The van der Waals surface area contributed by atoms with Crippen LogP contribution in [0.25, 0.3) is 0 Å². The summed E-state index contributed by atoms with van der Waals surface area (Å²) in [6, 6.07) is 3.12. The third-order valence-corrected chi connectivity index (χ3v) is 3.51. The molecule has 1 N–H and O–H groups in total. The zero-order chi connectivity index (χ0) is 12.7. The molecule has 96 valence electrons. The van der Waals surface area contributed by atoms with Crippen LogP contribution in [0.15, 0.2) is 16.5 Å². The molecule has 2 aliphatic rings. The van der Waals surface area contributed by atoms with Crippen molar-refractivity contribution in [1.29, 1.82) is 0 Å². The number of rotatable bonds is 1. The van der Waals surface area contributed by atoms with Crippen LogP contribution in [0.1, 0.15) is 10.6 Å². The largest absolute Gasteiger partial charge is 0.440 e. The molecule has 0 radical (unpaired) electrons. The first-order chi connectivity index (χ1) is 8.65. The van der Waals surface area contributed by atoms with Crippen molar-refractivity contribution in [3.8, 4) is 0 Å². The van der Waals surface area contributed by atoms with E-state index in [1.54, 1.807) is 21.9 Å². The van der Waals surface area contributed by atoms with Gasteiger partial charge in [-0.05, 0) is 23.7 Å². The molecule has 0 spiro atoms. The number of urea groups is 1. The number of fused-ring (bicyclic) bond motifs is 1. The van der Waals surface area contributed by atoms with Gasteiger partial charge in [0, 0.05) is 26.2 Å². The van der Waals surface area contributed by atoms with Gasteiger partial charge in [-0.2, -0.15) is 0 Å². The first kappa shape index (κ1) is 11.4. The summed E-state index contributed by atoms with van der Waals surface area (Å²) >= 11 is 5.65. The van der Waals surface area contributed by atoms with E-state index in [-0.39, 0.29) is 29.0 Å². The summed E-state index contributed by atoms with van der Waals surface area (Å²) in [5, 5.41) is 2.97. The number of amides is 3. The normalized spacial score (nSPS) is 22.9. The van der Waals surface area contributed by atoms with Crippen LogP contribution < -0.4 is 5.32 Å². The molecule has 1 atom stereocenters. The van der Waals surface area contributed by atoms with Crippen molar-refractivity contribution in [3.05, 3.63) is 23.1 Å². The number of furan rings is 1. The first-order valence-corrected chi connectivity index (χ1v) is 6.12. The van der Waals surface area contributed by atoms with Crippen molar-refractivity contribution in [3.63, 3.8) is 0 Å². The fourth-order valence-electron chi connectivity index (χ4n) is 2.37. The topological polar surface area (TPSA) is 65.8 Å². The third-order valence-electron chi connectivity index (χ3n) is 3.30. The summed E-state index contributed by atoms with van der Waals surface area (Å²) in [6.07, 6.45) is 0. The van der Waals surface area contributed by atoms with E-state index in [1.807, 2.05) is 0 Å². The molecule has 3 amide bonds. The van der Waals surface area contributed by atoms with Crippen molar-refractivity contribution in [2.75, 3.05) is 26.2 Å². The number of carbonyl (C=O) groups excluding carboxylic acids is 2. The van der Waals surface area contributed by atoms with Gasteiger partial charge in [0.05, 0.1) is 6.04 Å². The van der Waals surface area contributed by atoms with Gasteiger partial charge < -0.3 is 19.5 Å². The van der Waals surface area contributed by atoms with Crippen LogP contribution in [0.5, 0.6) is 0 Å². The standard InChI is InChI=1S/C11H12ClN3O3/c12-9-2-1-8(18-9)10(16)14-3-4-15-7(6-14)5-13-11(15)17/h1-2,7H,3-6H2,(H,13,17). The molecule has 7 heteroatoms. The van der Waals surface area contributed by atoms with E-state index in [4.69, 9.17) is 16.0 Å². The molecule has 3 heterocycles. The average molecular weight is 270 g/mol. The molecule has 2 saturated heterocycles. The van der Waals surface area contributed by atoms with E-state index in [0.717, 1.165) is 0 Å². The molecule has 0 saturated carbocycles. The lowest BCUT2D eigenvalue weighted by molar-refractivity contribution is 0.0587. The van der Waals surface area contributed by atoms with Gasteiger partial charge in [0.25, 0.3) is 5.91 Å². The monoisotopic (exact) mass is 269 g/mol. The van der Waals surface area contributed by atoms with Gasteiger partial charge in [-0.25, -0.2) is 4.79 Å². The van der Waals surface area contributed by atoms with Gasteiger partial charge in [0.2, 0.25) is 0 Å². The molecule has 2 aliphatic heterocycles. The van der Waals surface area contributed by atoms with Crippen LogP contribution in [0.4, 0.5) is 4.79 Å². The smallest absolute Gasteiger partial charge is 0.317 e. The Morgan fingerprint density at radius 3 is 3.00 bits per heavy atom. The second-order valence-corrected chi connectivity index (χ2v) is 4.76. The Labute approximate surface area is 108 Å². The fraction of sp³-hybridized carbons (Fsp3) is 0.455. The van der Waals surface area contributed by atoms with E-state index in [1.165, 1.54) is 0 Å². The summed E-state index contributed by atoms with van der Waals surface area (Å²) in [6.45, 7) is 2.18. The lowest BCUT2D eigenvalue weighted by Gasteiger charge is -2.35. The maximum Gasteiger partial charge on any atom is 0.317 e. The Hall–Kier alpha value is -1.69. The SMILES string of the molecule is O=C(c1ccc(Cl)o1)N1CCN2C(=O)NCC2C1. The quantitative estimate of drug-likeness (QED) is 0.819. The number of hydrogen-bond acceptors (Lipinski definition) is 3. The molecule has 1 unspecified atom stereocenters. The van der Waals surface area contributed by atoms with Gasteiger partial charge in [-0.3, -0.25) is 4.79 Å². The zero-order valence-electron chi connectivity index (χ0n) is 9.56. The number of carbonyl (C=O) groups is 2. The van der Waals surface area contributed by atoms with Crippen molar-refractivity contribution in [2.24, 2.45) is 0 Å². The lowest BCUT2D eigenvalue weighted by Crippen LogP contribution is -2.53. The van der Waals surface area contributed by atoms with Gasteiger partial charge in [-0.1, -0.05) is 0 Å². The molecule has 2 fully saturated rings. The van der Waals surface area contributed by atoms with Gasteiger partial charge in [0.1, 0.15) is 0 Å². The molecule has 3 rings (SSSR count). The third kappa shape index (κ3) is 1.82. The van der Waals surface area contributed by atoms with Crippen LogP contribution >= 0.6 is 11.6 Å². The minimum atomic E-state index is -0.180. The summed E-state index contributed by atoms with van der Waals surface area (Å²) in [5.41, 5.74) is 0. The average Bonchev–Trinajstić information content (AvgIpc) is 2.95. The van der Waals surface area contributed by atoms with Crippen LogP contribution in [0, 0.1) is 0 Å². The Morgan fingerprint density at radius 2 is 2.28 bits per heavy atom. The van der Waals surface area contributed by atoms with Gasteiger partial charge >= 0.3 is 6.03 Å². The Balaban J connectivity index is 1.71. The lowest BCUT2D eigenvalue weighted by atomic mass is 10.2. The summed E-state index contributed by atoms with van der Waals surface area (Å²) in [7, 11) is 0. The van der Waals surface area contributed by atoms with E-state index in [9.17, 15) is 9.59 Å². The van der Waals surface area contributed by atoms with Crippen LogP contribution in [0.2, 0.25) is 5.22 Å². The number of hydrogen-bond donors (Lipinski definition) is 1. The van der Waals surface area contributed by atoms with Crippen LogP contribution in [-0.2, 0) is 0 Å². The number of piperazine rings is 1. The number of halogens is 1. The highest BCUT2D eigenvalue weighted by atomic mass is 35.5. The van der Waals surface area contributed by atoms with E-state index in [2.05, 4.69) is 5.32 Å². The molecule has 18 heavy (non-hydrogen) atoms. The molecule has 0 bridgehead atoms. The van der Waals surface area contributed by atoms with Crippen LogP contribution in [-0.4, -0.2) is 54.0 Å². The maximum absolute atomic E-state index is 12.1. The highest BCUT2D eigenvalue weighted by Crippen LogP contribution is 2.19. The molecular formula is C11H12ClN3O3. The maximum atomic E-state index is 12.1. The summed E-state index contributed by atoms with van der Waals surface area (Å²) < 4.78 is 5.11. The second-order valence-electron chi connectivity index (χ2n) is 4.39. The fourth-order valence-corrected chi connectivity index (χ4v) is 2.52. The minimum Gasteiger partial charge on any atom is -0.440 e. The second kappa shape index (κ2) is 4.20. The number of nitrogens with zero attached hydrogens (tertiary/aromatic N) is 2. The molecule has 1 aromatic rings. The Bertz CT molecular complexity index is 501. The van der Waals surface area contributed by atoms with E-state index >= 15 is 0 Å². The first-order valence-electron chi connectivity index (χ1n) is 5.74. The molecule has 0 aliphatic carbocycles. The highest BCUT2D eigenvalue weighted by Gasteiger charge is 2.37. The molecule has 6 nitrogen and oxygen atoms in total. The zero-order valence-corrected chi connectivity index (χ0v) is 10.3. The van der Waals surface area contributed by atoms with Crippen LogP contribution in [0.3, 0.4) is 0 Å². The predicted molar refractivity (Wildman–Crippen MR) is 63.5 cm³/mol. The van der Waals surface area contributed by atoms with Crippen molar-refractivity contribution in [2.45, 2.75) is 6.04 Å². The van der Waals surface area contributed by atoms with Gasteiger partial charge in [-0.15, -0.1) is 0 Å². The number of nitrogens with one attached hydrogen (secondary N) is 1. The molecular weight excluding hydrogens is 258 g/mol. The summed E-state index contributed by atoms with van der Waals surface area (Å²) in [4.78, 5) is 27.0. The molecule has 1 aromatic heterocycles. The Morgan fingerprint density at radius 1 is 1.44 bits per heavy atom. The van der Waals surface area contributed by atoms with Crippen molar-refractivity contribution < 1.29 is 14.0 Å². The summed E-state index contributed by atoms with van der Waals surface area (Å²) in [5.74, 6) is 0.0617. The Kier molecular flexibility index (Phi) is 2.66. The highest BCUT2D eigenvalue weighted by molar-refractivity contribution is 6.29. The predicted octanol–water partition coefficient (Wildman–Crippen LogP) is 0.783.